The van der Waals surface area contributed by atoms with Crippen LogP contribution in [-0.4, -0.2) is 45.8 Å². The van der Waals surface area contributed by atoms with Gasteiger partial charge in [0.15, 0.2) is 5.82 Å². The van der Waals surface area contributed by atoms with Gasteiger partial charge in [0.25, 0.3) is 0 Å². The van der Waals surface area contributed by atoms with E-state index in [1.54, 1.807) is 19.5 Å². The van der Waals surface area contributed by atoms with Crippen LogP contribution in [0.25, 0.3) is 0 Å². The second-order valence-corrected chi connectivity index (χ2v) is 4.06. The van der Waals surface area contributed by atoms with Gasteiger partial charge in [0.2, 0.25) is 5.89 Å². The van der Waals surface area contributed by atoms with Gasteiger partial charge in [0, 0.05) is 25.9 Å². The molecule has 1 N–H and O–H groups in total. The van der Waals surface area contributed by atoms with Gasteiger partial charge in [0.1, 0.15) is 5.82 Å². The third-order valence-electron chi connectivity index (χ3n) is 2.42. The minimum absolute atomic E-state index is 0.598. The van der Waals surface area contributed by atoms with E-state index in [1.165, 1.54) is 0 Å². The number of aromatic nitrogens is 4. The van der Waals surface area contributed by atoms with Crippen LogP contribution in [0.2, 0.25) is 0 Å². The minimum atomic E-state index is 0.598. The van der Waals surface area contributed by atoms with Crippen LogP contribution in [0.5, 0.6) is 0 Å². The fraction of sp³-hybridized carbons (Fsp3) is 0.545. The van der Waals surface area contributed by atoms with Crippen LogP contribution in [0.3, 0.4) is 0 Å². The highest BCUT2D eigenvalue weighted by Crippen LogP contribution is 2.04. The second kappa shape index (κ2) is 6.27. The van der Waals surface area contributed by atoms with Crippen molar-refractivity contribution in [3.05, 3.63) is 29.9 Å². The topological polar surface area (TPSA) is 80.1 Å². The van der Waals surface area contributed by atoms with Gasteiger partial charge in [-0.1, -0.05) is 5.16 Å². The molecule has 0 aliphatic rings. The van der Waals surface area contributed by atoms with Crippen molar-refractivity contribution in [1.82, 2.24) is 25.0 Å². The third-order valence-corrected chi connectivity index (χ3v) is 2.42. The summed E-state index contributed by atoms with van der Waals surface area (Å²) in [5, 5.41) is 3.89. The molecule has 98 valence electrons. The van der Waals surface area contributed by atoms with Gasteiger partial charge in [-0.3, -0.25) is 4.90 Å². The Hall–Kier alpha value is -1.73. The highest BCUT2D eigenvalue weighted by Gasteiger charge is 2.10. The first-order valence-electron chi connectivity index (χ1n) is 5.75. The van der Waals surface area contributed by atoms with Crippen molar-refractivity contribution < 1.29 is 9.26 Å². The van der Waals surface area contributed by atoms with E-state index in [1.807, 2.05) is 11.9 Å². The smallest absolute Gasteiger partial charge is 0.240 e. The molecule has 0 aliphatic carbocycles. The maximum Gasteiger partial charge on any atom is 0.240 e. The number of hydrogen-bond acceptors (Lipinski definition) is 6. The van der Waals surface area contributed by atoms with Crippen molar-refractivity contribution in [3.8, 4) is 0 Å². The van der Waals surface area contributed by atoms with Crippen LogP contribution in [0.15, 0.2) is 16.9 Å². The van der Waals surface area contributed by atoms with Gasteiger partial charge in [-0.2, -0.15) is 4.98 Å². The maximum atomic E-state index is 5.16. The SMILES string of the molecule is COCCc1noc(CN(C)Cc2ncc[nH]2)n1. The lowest BCUT2D eigenvalue weighted by molar-refractivity contribution is 0.199. The van der Waals surface area contributed by atoms with Crippen LogP contribution < -0.4 is 0 Å². The molecule has 2 rings (SSSR count). The van der Waals surface area contributed by atoms with Gasteiger partial charge in [-0.25, -0.2) is 4.98 Å². The Labute approximate surface area is 105 Å². The van der Waals surface area contributed by atoms with Gasteiger partial charge < -0.3 is 14.2 Å². The van der Waals surface area contributed by atoms with E-state index in [2.05, 4.69) is 20.1 Å². The number of nitrogens with one attached hydrogen (secondary N) is 1. The summed E-state index contributed by atoms with van der Waals surface area (Å²) in [4.78, 5) is 13.5. The zero-order valence-electron chi connectivity index (χ0n) is 10.6. The monoisotopic (exact) mass is 251 g/mol. The summed E-state index contributed by atoms with van der Waals surface area (Å²) >= 11 is 0. The molecule has 0 bridgehead atoms. The highest BCUT2D eigenvalue weighted by atomic mass is 16.5. The summed E-state index contributed by atoms with van der Waals surface area (Å²) in [5.74, 6) is 2.20. The quantitative estimate of drug-likeness (QED) is 0.776. The standard InChI is InChI=1S/C11H17N5O2/c1-16(7-10-12-4-5-13-10)8-11-14-9(15-18-11)3-6-17-2/h4-5H,3,6-8H2,1-2H3,(H,12,13). The fourth-order valence-electron chi connectivity index (χ4n) is 1.58. The van der Waals surface area contributed by atoms with Crippen LogP contribution in [0.1, 0.15) is 17.5 Å². The van der Waals surface area contributed by atoms with Gasteiger partial charge >= 0.3 is 0 Å². The van der Waals surface area contributed by atoms with Crippen LogP contribution >= 0.6 is 0 Å². The summed E-state index contributed by atoms with van der Waals surface area (Å²) in [6.45, 7) is 1.91. The van der Waals surface area contributed by atoms with E-state index < -0.39 is 0 Å². The van der Waals surface area contributed by atoms with Crippen molar-refractivity contribution in [2.75, 3.05) is 20.8 Å². The Morgan fingerprint density at radius 1 is 1.44 bits per heavy atom. The molecule has 7 heteroatoms. The largest absolute Gasteiger partial charge is 0.384 e. The summed E-state index contributed by atoms with van der Waals surface area (Å²) in [6, 6.07) is 0. The first-order chi connectivity index (χ1) is 8.78. The molecule has 0 atom stereocenters. The zero-order chi connectivity index (χ0) is 12.8. The number of H-pyrrole nitrogens is 1. The lowest BCUT2D eigenvalue weighted by Gasteiger charge is -2.11. The Morgan fingerprint density at radius 3 is 3.06 bits per heavy atom. The molecule has 0 aromatic carbocycles. The summed E-state index contributed by atoms with van der Waals surface area (Å²) in [5.41, 5.74) is 0. The second-order valence-electron chi connectivity index (χ2n) is 4.06. The van der Waals surface area contributed by atoms with Crippen LogP contribution in [-0.2, 0) is 24.2 Å². The average Bonchev–Trinajstić information content (AvgIpc) is 2.98. The van der Waals surface area contributed by atoms with Crippen molar-refractivity contribution >= 4 is 0 Å². The molecule has 0 radical (unpaired) electrons. The minimum Gasteiger partial charge on any atom is -0.384 e. The molecule has 0 amide bonds. The number of hydrogen-bond donors (Lipinski definition) is 1. The van der Waals surface area contributed by atoms with Gasteiger partial charge in [-0.05, 0) is 7.05 Å². The Kier molecular flexibility index (Phi) is 4.43. The first-order valence-corrected chi connectivity index (χ1v) is 5.75. The Morgan fingerprint density at radius 2 is 2.33 bits per heavy atom. The van der Waals surface area contributed by atoms with Crippen LogP contribution in [0, 0.1) is 0 Å². The van der Waals surface area contributed by atoms with E-state index in [4.69, 9.17) is 9.26 Å². The van der Waals surface area contributed by atoms with Gasteiger partial charge in [0.05, 0.1) is 19.7 Å². The van der Waals surface area contributed by atoms with E-state index >= 15 is 0 Å². The van der Waals surface area contributed by atoms with E-state index in [9.17, 15) is 0 Å². The normalized spacial score (nSPS) is 11.3. The van der Waals surface area contributed by atoms with Crippen molar-refractivity contribution in [1.29, 1.82) is 0 Å². The lowest BCUT2D eigenvalue weighted by atomic mass is 10.4. The zero-order valence-corrected chi connectivity index (χ0v) is 10.6. The molecule has 2 aromatic heterocycles. The molecule has 7 nitrogen and oxygen atoms in total. The average molecular weight is 251 g/mol. The number of methoxy groups -OCH3 is 1. The molecule has 0 aliphatic heterocycles. The molecule has 0 saturated heterocycles. The molecular formula is C11H17N5O2. The molecule has 2 heterocycles. The van der Waals surface area contributed by atoms with Crippen molar-refractivity contribution in [2.45, 2.75) is 19.5 Å². The maximum absolute atomic E-state index is 5.16. The molecule has 0 unspecified atom stereocenters. The van der Waals surface area contributed by atoms with Crippen molar-refractivity contribution in [3.63, 3.8) is 0 Å². The number of aromatic amines is 1. The van der Waals surface area contributed by atoms with E-state index in [0.717, 1.165) is 5.82 Å². The Bertz CT molecular complexity index is 454. The molecule has 18 heavy (non-hydrogen) atoms. The predicted molar refractivity (Wildman–Crippen MR) is 63.6 cm³/mol. The summed E-state index contributed by atoms with van der Waals surface area (Å²) in [7, 11) is 3.62. The number of imidazole rings is 1. The third kappa shape index (κ3) is 3.64. The van der Waals surface area contributed by atoms with E-state index in [-0.39, 0.29) is 0 Å². The fourth-order valence-corrected chi connectivity index (χ4v) is 1.58. The molecular weight excluding hydrogens is 234 g/mol. The molecule has 2 aromatic rings. The summed E-state index contributed by atoms with van der Waals surface area (Å²) in [6.07, 6.45) is 4.21. The van der Waals surface area contributed by atoms with Gasteiger partial charge in [-0.15, -0.1) is 0 Å². The first kappa shape index (κ1) is 12.7. The molecule has 0 fully saturated rings. The Balaban J connectivity index is 1.83. The van der Waals surface area contributed by atoms with Crippen LogP contribution in [0.4, 0.5) is 0 Å². The predicted octanol–water partition coefficient (Wildman–Crippen LogP) is 0.614. The molecule has 0 saturated carbocycles. The lowest BCUT2D eigenvalue weighted by Crippen LogP contribution is -2.18. The number of ether oxygens (including phenoxy) is 1. The number of nitrogens with zero attached hydrogens (tertiary/aromatic N) is 4. The molecule has 0 spiro atoms. The summed E-state index contributed by atoms with van der Waals surface area (Å²) < 4.78 is 10.1. The number of rotatable bonds is 7. The van der Waals surface area contributed by atoms with E-state index in [0.29, 0.717) is 37.8 Å². The highest BCUT2D eigenvalue weighted by molar-refractivity contribution is 4.89. The van der Waals surface area contributed by atoms with Crippen molar-refractivity contribution in [2.24, 2.45) is 0 Å².